The molecule has 5 heteroatoms. The van der Waals surface area contributed by atoms with Gasteiger partial charge in [-0.2, -0.15) is 0 Å². The van der Waals surface area contributed by atoms with Gasteiger partial charge < -0.3 is 15.2 Å². The first-order chi connectivity index (χ1) is 14.5. The summed E-state index contributed by atoms with van der Waals surface area (Å²) in [6, 6.07) is 12.1. The highest BCUT2D eigenvalue weighted by Crippen LogP contribution is 2.61. The largest absolute Gasteiger partial charge is 0.496 e. The third-order valence-corrected chi connectivity index (χ3v) is 7.48. The summed E-state index contributed by atoms with van der Waals surface area (Å²) >= 11 is 0. The Morgan fingerprint density at radius 2 is 1.63 bits per heavy atom. The molecule has 30 heavy (non-hydrogen) atoms. The highest BCUT2D eigenvalue weighted by molar-refractivity contribution is 6.07. The maximum Gasteiger partial charge on any atom is 0.337 e. The van der Waals surface area contributed by atoms with Crippen LogP contribution in [-0.4, -0.2) is 24.1 Å². The lowest BCUT2D eigenvalue weighted by Crippen LogP contribution is -2.48. The molecule has 4 fully saturated rings. The van der Waals surface area contributed by atoms with Crippen LogP contribution in [0.4, 0.5) is 5.69 Å². The third kappa shape index (κ3) is 3.17. The second kappa shape index (κ2) is 7.15. The lowest BCUT2D eigenvalue weighted by atomic mass is 9.48. The minimum atomic E-state index is -1.06. The van der Waals surface area contributed by atoms with Crippen LogP contribution in [-0.2, 0) is 5.41 Å². The van der Waals surface area contributed by atoms with E-state index in [0.717, 1.165) is 29.1 Å². The number of anilines is 1. The molecule has 4 saturated carbocycles. The Kier molecular flexibility index (Phi) is 4.57. The number of methoxy groups -OCH3 is 1. The zero-order chi connectivity index (χ0) is 20.9. The van der Waals surface area contributed by atoms with Crippen LogP contribution in [0.15, 0.2) is 42.5 Å². The fourth-order valence-electron chi connectivity index (χ4n) is 6.68. The molecule has 0 spiro atoms. The van der Waals surface area contributed by atoms with Gasteiger partial charge in [0.05, 0.1) is 18.4 Å². The SMILES string of the molecule is COc1ccc(C(=O)Nc2ccccc2C(=O)O)cc1C12CC3CC(CC(C3)C1)C2. The molecule has 4 aliphatic carbocycles. The molecule has 5 nitrogen and oxygen atoms in total. The van der Waals surface area contributed by atoms with E-state index in [0.29, 0.717) is 11.3 Å². The Morgan fingerprint density at radius 1 is 1.00 bits per heavy atom. The minimum absolute atomic E-state index is 0.0840. The summed E-state index contributed by atoms with van der Waals surface area (Å²) in [6.45, 7) is 0. The summed E-state index contributed by atoms with van der Waals surface area (Å²) in [4.78, 5) is 24.5. The molecular weight excluding hydrogens is 378 g/mol. The van der Waals surface area contributed by atoms with Gasteiger partial charge in [0.1, 0.15) is 5.75 Å². The molecule has 6 rings (SSSR count). The topological polar surface area (TPSA) is 75.6 Å². The van der Waals surface area contributed by atoms with Crippen molar-refractivity contribution >= 4 is 17.6 Å². The van der Waals surface area contributed by atoms with Crippen LogP contribution in [0.5, 0.6) is 5.75 Å². The number of hydrogen-bond acceptors (Lipinski definition) is 3. The average Bonchev–Trinajstić information content (AvgIpc) is 2.72. The van der Waals surface area contributed by atoms with Gasteiger partial charge >= 0.3 is 5.97 Å². The van der Waals surface area contributed by atoms with Gasteiger partial charge in [-0.3, -0.25) is 4.79 Å². The van der Waals surface area contributed by atoms with Gasteiger partial charge in [-0.25, -0.2) is 4.79 Å². The third-order valence-electron chi connectivity index (χ3n) is 7.48. The van der Waals surface area contributed by atoms with E-state index in [1.165, 1.54) is 44.6 Å². The van der Waals surface area contributed by atoms with Crippen LogP contribution in [0.3, 0.4) is 0 Å². The second-order valence-corrected chi connectivity index (χ2v) is 9.42. The lowest BCUT2D eigenvalue weighted by Gasteiger charge is -2.57. The Hall–Kier alpha value is -2.82. The van der Waals surface area contributed by atoms with E-state index in [4.69, 9.17) is 4.74 Å². The van der Waals surface area contributed by atoms with Crippen molar-refractivity contribution in [2.75, 3.05) is 12.4 Å². The van der Waals surface area contributed by atoms with Crippen LogP contribution < -0.4 is 10.1 Å². The number of para-hydroxylation sites is 1. The first-order valence-corrected chi connectivity index (χ1v) is 10.8. The molecular formula is C25H27NO4. The fourth-order valence-corrected chi connectivity index (χ4v) is 6.68. The van der Waals surface area contributed by atoms with E-state index >= 15 is 0 Å². The summed E-state index contributed by atoms with van der Waals surface area (Å²) in [5.74, 6) is 1.88. The number of aromatic carboxylic acids is 1. The number of ether oxygens (including phenoxy) is 1. The summed E-state index contributed by atoms with van der Waals surface area (Å²) in [6.07, 6.45) is 7.61. The second-order valence-electron chi connectivity index (χ2n) is 9.42. The number of carbonyl (C=O) groups is 2. The smallest absolute Gasteiger partial charge is 0.337 e. The van der Waals surface area contributed by atoms with Crippen molar-refractivity contribution in [1.29, 1.82) is 0 Å². The van der Waals surface area contributed by atoms with Crippen molar-refractivity contribution in [2.45, 2.75) is 43.9 Å². The van der Waals surface area contributed by atoms with E-state index in [1.807, 2.05) is 12.1 Å². The minimum Gasteiger partial charge on any atom is -0.496 e. The quantitative estimate of drug-likeness (QED) is 0.724. The van der Waals surface area contributed by atoms with Crippen molar-refractivity contribution in [3.05, 3.63) is 59.2 Å². The first kappa shape index (κ1) is 19.2. The molecule has 2 aromatic carbocycles. The standard InChI is InChI=1S/C25H27NO4/c1-30-22-7-6-18(23(27)26-21-5-3-2-4-19(21)24(28)29)11-20(22)25-12-15-8-16(13-25)10-17(9-15)14-25/h2-7,11,15-17H,8-10,12-14H2,1H3,(H,26,27)(H,28,29). The number of nitrogens with one attached hydrogen (secondary N) is 1. The molecule has 2 aromatic rings. The Labute approximate surface area is 176 Å². The van der Waals surface area contributed by atoms with Crippen molar-refractivity contribution in [1.82, 2.24) is 0 Å². The summed E-state index contributed by atoms with van der Waals surface area (Å²) in [5.41, 5.74) is 2.20. The normalized spacial score (nSPS) is 28.9. The van der Waals surface area contributed by atoms with E-state index in [2.05, 4.69) is 5.32 Å². The van der Waals surface area contributed by atoms with E-state index in [9.17, 15) is 14.7 Å². The van der Waals surface area contributed by atoms with Crippen LogP contribution in [0.25, 0.3) is 0 Å². The number of hydrogen-bond donors (Lipinski definition) is 2. The number of carbonyl (C=O) groups excluding carboxylic acids is 1. The molecule has 4 aliphatic rings. The monoisotopic (exact) mass is 405 g/mol. The number of rotatable bonds is 5. The van der Waals surface area contributed by atoms with Gasteiger partial charge in [0, 0.05) is 11.1 Å². The van der Waals surface area contributed by atoms with E-state index in [1.54, 1.807) is 31.4 Å². The summed E-state index contributed by atoms with van der Waals surface area (Å²) < 4.78 is 5.73. The summed E-state index contributed by atoms with van der Waals surface area (Å²) in [5, 5.41) is 12.2. The van der Waals surface area contributed by atoms with E-state index < -0.39 is 5.97 Å². The maximum absolute atomic E-state index is 13.0. The predicted molar refractivity (Wildman–Crippen MR) is 114 cm³/mol. The van der Waals surface area contributed by atoms with Gasteiger partial charge in [-0.1, -0.05) is 12.1 Å². The number of carboxylic acids is 1. The number of amides is 1. The molecule has 0 radical (unpaired) electrons. The Morgan fingerprint density at radius 3 is 2.23 bits per heavy atom. The van der Waals surface area contributed by atoms with Gasteiger partial charge in [-0.15, -0.1) is 0 Å². The zero-order valence-electron chi connectivity index (χ0n) is 17.2. The Balaban J connectivity index is 1.48. The van der Waals surface area contributed by atoms with Gasteiger partial charge in [0.2, 0.25) is 0 Å². The van der Waals surface area contributed by atoms with E-state index in [-0.39, 0.29) is 16.9 Å². The molecule has 0 aliphatic heterocycles. The summed E-state index contributed by atoms with van der Waals surface area (Å²) in [7, 11) is 1.70. The van der Waals surface area contributed by atoms with Crippen molar-refractivity contribution < 1.29 is 19.4 Å². The highest BCUT2D eigenvalue weighted by Gasteiger charge is 2.52. The fraction of sp³-hybridized carbons (Fsp3) is 0.440. The molecule has 0 saturated heterocycles. The average molecular weight is 405 g/mol. The van der Waals surface area contributed by atoms with Crippen LogP contribution in [0.1, 0.15) is 64.8 Å². The molecule has 0 atom stereocenters. The van der Waals surface area contributed by atoms with Crippen molar-refractivity contribution in [3.63, 3.8) is 0 Å². The first-order valence-electron chi connectivity index (χ1n) is 10.8. The number of benzene rings is 2. The van der Waals surface area contributed by atoms with Gasteiger partial charge in [-0.05, 0) is 92.0 Å². The molecule has 0 aromatic heterocycles. The van der Waals surface area contributed by atoms with Crippen molar-refractivity contribution in [3.8, 4) is 5.75 Å². The van der Waals surface area contributed by atoms with Crippen LogP contribution >= 0.6 is 0 Å². The number of carboxylic acid groups (broad SMARTS) is 1. The van der Waals surface area contributed by atoms with Gasteiger partial charge in [0.25, 0.3) is 5.91 Å². The van der Waals surface area contributed by atoms with Crippen LogP contribution in [0, 0.1) is 17.8 Å². The lowest BCUT2D eigenvalue weighted by molar-refractivity contribution is -0.00617. The Bertz CT molecular complexity index is 977. The zero-order valence-corrected chi connectivity index (χ0v) is 17.2. The predicted octanol–water partition coefficient (Wildman–Crippen LogP) is 5.11. The molecule has 1 amide bonds. The molecule has 2 N–H and O–H groups in total. The molecule has 0 heterocycles. The maximum atomic E-state index is 13.0. The van der Waals surface area contributed by atoms with Crippen molar-refractivity contribution in [2.24, 2.45) is 17.8 Å². The van der Waals surface area contributed by atoms with Gasteiger partial charge in [0.15, 0.2) is 0 Å². The molecule has 0 unspecified atom stereocenters. The molecule has 156 valence electrons. The highest BCUT2D eigenvalue weighted by atomic mass is 16.5. The molecule has 4 bridgehead atoms. The van der Waals surface area contributed by atoms with Crippen LogP contribution in [0.2, 0.25) is 0 Å².